The number of hydrogen-bond acceptors (Lipinski definition) is 4. The van der Waals surface area contributed by atoms with Crippen molar-refractivity contribution in [3.63, 3.8) is 0 Å². The second kappa shape index (κ2) is 4.98. The highest BCUT2D eigenvalue weighted by Crippen LogP contribution is 2.37. The smallest absolute Gasteiger partial charge is 0.321 e. The maximum absolute atomic E-state index is 10.8. The lowest BCUT2D eigenvalue weighted by Crippen LogP contribution is -2.33. The Morgan fingerprint density at radius 3 is 2.94 bits per heavy atom. The van der Waals surface area contributed by atoms with Gasteiger partial charge in [-0.25, -0.2) is 0 Å². The van der Waals surface area contributed by atoms with E-state index in [2.05, 4.69) is 5.32 Å². The monoisotopic (exact) mass is 253 g/mol. The molecule has 0 amide bonds. The van der Waals surface area contributed by atoms with Crippen molar-refractivity contribution in [1.82, 2.24) is 5.32 Å². The summed E-state index contributed by atoms with van der Waals surface area (Å²) in [6.45, 7) is 2.05. The van der Waals surface area contributed by atoms with Crippen LogP contribution < -0.4 is 5.32 Å². The van der Waals surface area contributed by atoms with Crippen LogP contribution in [0.5, 0.6) is 5.75 Å². The van der Waals surface area contributed by atoms with E-state index in [0.717, 1.165) is 17.5 Å². The van der Waals surface area contributed by atoms with Crippen LogP contribution in [-0.4, -0.2) is 28.0 Å². The number of carboxylic acid groups (broad SMARTS) is 1. The number of thioether (sulfide) groups is 1. The third-order valence-electron chi connectivity index (χ3n) is 2.86. The summed E-state index contributed by atoms with van der Waals surface area (Å²) in [5.74, 6) is -0.0973. The topological polar surface area (TPSA) is 69.6 Å². The first-order valence-electron chi connectivity index (χ1n) is 5.54. The van der Waals surface area contributed by atoms with E-state index in [1.54, 1.807) is 6.07 Å². The Kier molecular flexibility index (Phi) is 3.59. The number of carboxylic acids is 1. The quantitative estimate of drug-likeness (QED) is 0.765. The van der Waals surface area contributed by atoms with Gasteiger partial charge in [-0.1, -0.05) is 13.0 Å². The Morgan fingerprint density at radius 1 is 1.59 bits per heavy atom. The lowest BCUT2D eigenvalue weighted by molar-refractivity contribution is -0.138. The highest BCUT2D eigenvalue weighted by molar-refractivity contribution is 7.99. The van der Waals surface area contributed by atoms with E-state index < -0.39 is 12.0 Å². The highest BCUT2D eigenvalue weighted by Gasteiger charge is 2.31. The van der Waals surface area contributed by atoms with Gasteiger partial charge < -0.3 is 10.2 Å². The molecule has 92 valence electrons. The van der Waals surface area contributed by atoms with E-state index in [1.807, 2.05) is 19.1 Å². The molecule has 2 unspecified atom stereocenters. The average molecular weight is 253 g/mol. The molecule has 5 heteroatoms. The molecule has 1 saturated heterocycles. The predicted octanol–water partition coefficient (Wildman–Crippen LogP) is 1.74. The first kappa shape index (κ1) is 12.3. The Bertz CT molecular complexity index is 436. The molecule has 0 radical (unpaired) electrons. The van der Waals surface area contributed by atoms with Gasteiger partial charge >= 0.3 is 5.97 Å². The summed E-state index contributed by atoms with van der Waals surface area (Å²) >= 11 is 1.51. The first-order chi connectivity index (χ1) is 8.11. The van der Waals surface area contributed by atoms with Crippen LogP contribution >= 0.6 is 11.8 Å². The largest absolute Gasteiger partial charge is 0.508 e. The zero-order valence-electron chi connectivity index (χ0n) is 9.51. The fraction of sp³-hybridized carbons (Fsp3) is 0.417. The summed E-state index contributed by atoms with van der Waals surface area (Å²) in [4.78, 5) is 10.8. The van der Waals surface area contributed by atoms with E-state index >= 15 is 0 Å². The van der Waals surface area contributed by atoms with Gasteiger partial charge in [0.1, 0.15) is 11.8 Å². The van der Waals surface area contributed by atoms with E-state index in [0.29, 0.717) is 5.75 Å². The van der Waals surface area contributed by atoms with Crippen molar-refractivity contribution in [3.05, 3.63) is 29.3 Å². The summed E-state index contributed by atoms with van der Waals surface area (Å²) in [6.07, 6.45) is 0.896. The van der Waals surface area contributed by atoms with Crippen LogP contribution in [0.2, 0.25) is 0 Å². The molecule has 1 aliphatic rings. The van der Waals surface area contributed by atoms with Crippen molar-refractivity contribution in [1.29, 1.82) is 0 Å². The second-order valence-electron chi connectivity index (χ2n) is 4.02. The van der Waals surface area contributed by atoms with E-state index in [-0.39, 0.29) is 11.1 Å². The number of hydrogen-bond donors (Lipinski definition) is 3. The second-order valence-corrected chi connectivity index (χ2v) is 5.16. The number of aromatic hydroxyl groups is 1. The fourth-order valence-electron chi connectivity index (χ4n) is 1.83. The molecule has 4 nitrogen and oxygen atoms in total. The summed E-state index contributed by atoms with van der Waals surface area (Å²) < 4.78 is 0. The molecule has 0 spiro atoms. The highest BCUT2D eigenvalue weighted by atomic mass is 32.2. The maximum atomic E-state index is 10.8. The number of phenols is 1. The summed E-state index contributed by atoms with van der Waals surface area (Å²) in [5.41, 5.74) is 1.91. The Hall–Kier alpha value is -1.20. The minimum absolute atomic E-state index is 0.136. The van der Waals surface area contributed by atoms with Gasteiger partial charge in [0.25, 0.3) is 0 Å². The van der Waals surface area contributed by atoms with Crippen molar-refractivity contribution in [2.24, 2.45) is 0 Å². The van der Waals surface area contributed by atoms with Crippen molar-refractivity contribution < 1.29 is 15.0 Å². The van der Waals surface area contributed by atoms with Gasteiger partial charge in [0.05, 0.1) is 5.37 Å². The number of rotatable bonds is 3. The third-order valence-corrected chi connectivity index (χ3v) is 4.11. The number of nitrogens with one attached hydrogen (secondary N) is 1. The molecule has 17 heavy (non-hydrogen) atoms. The zero-order valence-corrected chi connectivity index (χ0v) is 10.3. The van der Waals surface area contributed by atoms with Crippen LogP contribution in [-0.2, 0) is 11.2 Å². The van der Waals surface area contributed by atoms with E-state index in [9.17, 15) is 9.90 Å². The Morgan fingerprint density at radius 2 is 2.35 bits per heavy atom. The fourth-order valence-corrected chi connectivity index (χ4v) is 3.08. The SMILES string of the molecule is CCc1ccc(O)c(C2NC(C(=O)O)CS2)c1. The van der Waals surface area contributed by atoms with Gasteiger partial charge in [-0.15, -0.1) is 11.8 Å². The van der Waals surface area contributed by atoms with Gasteiger partial charge in [-0.2, -0.15) is 0 Å². The molecule has 1 aromatic rings. The molecule has 1 fully saturated rings. The van der Waals surface area contributed by atoms with Gasteiger partial charge in [0.2, 0.25) is 0 Å². The van der Waals surface area contributed by atoms with Crippen molar-refractivity contribution in [3.8, 4) is 5.75 Å². The normalized spacial score (nSPS) is 23.8. The molecule has 2 atom stereocenters. The predicted molar refractivity (Wildman–Crippen MR) is 67.2 cm³/mol. The van der Waals surface area contributed by atoms with Gasteiger partial charge in [-0.3, -0.25) is 10.1 Å². The zero-order chi connectivity index (χ0) is 12.4. The van der Waals surface area contributed by atoms with Crippen LogP contribution in [0.1, 0.15) is 23.4 Å². The van der Waals surface area contributed by atoms with Crippen molar-refractivity contribution in [2.45, 2.75) is 24.8 Å². The van der Waals surface area contributed by atoms with E-state index in [4.69, 9.17) is 5.11 Å². The number of benzene rings is 1. The van der Waals surface area contributed by atoms with Gasteiger partial charge in [-0.05, 0) is 24.1 Å². The number of aryl methyl sites for hydroxylation is 1. The van der Waals surface area contributed by atoms with Gasteiger partial charge in [0.15, 0.2) is 0 Å². The summed E-state index contributed by atoms with van der Waals surface area (Å²) in [6, 6.07) is 4.96. The lowest BCUT2D eigenvalue weighted by Gasteiger charge is -2.14. The van der Waals surface area contributed by atoms with Crippen LogP contribution in [0, 0.1) is 0 Å². The molecule has 0 aliphatic carbocycles. The van der Waals surface area contributed by atoms with Crippen molar-refractivity contribution in [2.75, 3.05) is 5.75 Å². The Balaban J connectivity index is 2.20. The molecular weight excluding hydrogens is 238 g/mol. The third kappa shape index (κ3) is 2.56. The molecule has 3 N–H and O–H groups in total. The van der Waals surface area contributed by atoms with Gasteiger partial charge in [0, 0.05) is 11.3 Å². The average Bonchev–Trinajstić information content (AvgIpc) is 2.79. The van der Waals surface area contributed by atoms with Crippen molar-refractivity contribution >= 4 is 17.7 Å². The molecule has 1 aromatic carbocycles. The number of phenolic OH excluding ortho intramolecular Hbond substituents is 1. The summed E-state index contributed by atoms with van der Waals surface area (Å²) in [7, 11) is 0. The maximum Gasteiger partial charge on any atom is 0.321 e. The van der Waals surface area contributed by atoms with Crippen LogP contribution in [0.15, 0.2) is 18.2 Å². The van der Waals surface area contributed by atoms with Crippen LogP contribution in [0.25, 0.3) is 0 Å². The molecule has 0 aromatic heterocycles. The van der Waals surface area contributed by atoms with Crippen LogP contribution in [0.3, 0.4) is 0 Å². The minimum Gasteiger partial charge on any atom is -0.508 e. The molecule has 0 bridgehead atoms. The number of aliphatic carboxylic acids is 1. The summed E-state index contributed by atoms with van der Waals surface area (Å²) in [5, 5.41) is 21.6. The molecule has 2 rings (SSSR count). The molecular formula is C12H15NO3S. The van der Waals surface area contributed by atoms with Crippen LogP contribution in [0.4, 0.5) is 0 Å². The molecule has 0 saturated carbocycles. The number of carbonyl (C=O) groups is 1. The first-order valence-corrected chi connectivity index (χ1v) is 6.59. The standard InChI is InChI=1S/C12H15NO3S/c1-2-7-3-4-10(14)8(5-7)11-13-9(6-17-11)12(15)16/h3-5,9,11,13-14H,2,6H2,1H3,(H,15,16). The minimum atomic E-state index is -0.842. The lowest BCUT2D eigenvalue weighted by atomic mass is 10.1. The van der Waals surface area contributed by atoms with E-state index in [1.165, 1.54) is 11.8 Å². The molecule has 1 aliphatic heterocycles. The molecule has 1 heterocycles. The Labute approximate surface area is 104 Å².